The molecule has 0 radical (unpaired) electrons. The number of aliphatic hydroxyl groups excluding tert-OH is 1. The number of rotatable bonds is 9. The van der Waals surface area contributed by atoms with E-state index in [2.05, 4.69) is 13.2 Å². The van der Waals surface area contributed by atoms with Gasteiger partial charge >= 0.3 is 0 Å². The SMILES string of the molecule is C=CCN(CC=C)CC(O)COC1C=Cc2cc3ccccc3cc2S1=O. The molecular weight excluding hydrogens is 358 g/mol. The van der Waals surface area contributed by atoms with Crippen molar-refractivity contribution in [2.45, 2.75) is 16.4 Å². The molecule has 0 spiro atoms. The van der Waals surface area contributed by atoms with Gasteiger partial charge in [-0.2, -0.15) is 0 Å². The molecule has 1 N–H and O–H groups in total. The molecule has 0 saturated heterocycles. The average Bonchev–Trinajstić information content (AvgIpc) is 2.67. The zero-order valence-corrected chi connectivity index (χ0v) is 16.1. The summed E-state index contributed by atoms with van der Waals surface area (Å²) in [5.74, 6) is 0. The largest absolute Gasteiger partial charge is 0.389 e. The van der Waals surface area contributed by atoms with Gasteiger partial charge in [-0.05, 0) is 34.5 Å². The number of benzene rings is 2. The van der Waals surface area contributed by atoms with Crippen LogP contribution in [0.4, 0.5) is 0 Å². The van der Waals surface area contributed by atoms with Crippen LogP contribution in [0, 0.1) is 0 Å². The van der Waals surface area contributed by atoms with E-state index in [9.17, 15) is 9.32 Å². The molecule has 142 valence electrons. The highest BCUT2D eigenvalue weighted by Gasteiger charge is 2.24. The second kappa shape index (κ2) is 9.24. The molecule has 0 saturated carbocycles. The second-order valence-corrected chi connectivity index (χ2v) is 8.04. The zero-order chi connectivity index (χ0) is 19.2. The van der Waals surface area contributed by atoms with Gasteiger partial charge in [-0.1, -0.05) is 42.5 Å². The fourth-order valence-electron chi connectivity index (χ4n) is 3.18. The second-order valence-electron chi connectivity index (χ2n) is 6.55. The molecule has 27 heavy (non-hydrogen) atoms. The Hall–Kier alpha value is -2.05. The predicted molar refractivity (Wildman–Crippen MR) is 112 cm³/mol. The van der Waals surface area contributed by atoms with Crippen LogP contribution in [-0.2, 0) is 15.5 Å². The maximum atomic E-state index is 12.9. The van der Waals surface area contributed by atoms with Gasteiger partial charge in [-0.25, -0.2) is 0 Å². The summed E-state index contributed by atoms with van der Waals surface area (Å²) in [6, 6.07) is 12.0. The Labute approximate surface area is 162 Å². The first kappa shape index (κ1) is 19.7. The van der Waals surface area contributed by atoms with Gasteiger partial charge in [0, 0.05) is 24.5 Å². The predicted octanol–water partition coefficient (Wildman–Crippen LogP) is 3.35. The molecule has 1 heterocycles. The van der Waals surface area contributed by atoms with Crippen LogP contribution in [-0.4, -0.2) is 52.0 Å². The fraction of sp³-hybridized carbons (Fsp3) is 0.273. The van der Waals surface area contributed by atoms with Crippen LogP contribution in [0.5, 0.6) is 0 Å². The molecule has 4 nitrogen and oxygen atoms in total. The van der Waals surface area contributed by atoms with Crippen molar-refractivity contribution >= 4 is 27.6 Å². The van der Waals surface area contributed by atoms with Gasteiger partial charge in [0.25, 0.3) is 0 Å². The van der Waals surface area contributed by atoms with Gasteiger partial charge in [0.2, 0.25) is 0 Å². The van der Waals surface area contributed by atoms with Gasteiger partial charge in [0.05, 0.1) is 23.5 Å². The molecule has 1 aliphatic heterocycles. The monoisotopic (exact) mass is 383 g/mol. The molecular formula is C22H25NO3S. The third kappa shape index (κ3) is 4.82. The van der Waals surface area contributed by atoms with E-state index in [1.165, 1.54) is 0 Å². The van der Waals surface area contributed by atoms with E-state index in [0.717, 1.165) is 21.2 Å². The maximum absolute atomic E-state index is 12.9. The number of aliphatic hydroxyl groups is 1. The van der Waals surface area contributed by atoms with Crippen LogP contribution in [0.1, 0.15) is 5.56 Å². The maximum Gasteiger partial charge on any atom is 0.155 e. The normalized spacial score (nSPS) is 19.8. The standard InChI is InChI=1S/C22H25NO3S/c1-3-11-23(12-4-2)15-20(24)16-26-22-10-9-19-13-17-7-5-6-8-18(17)14-21(19)27(22)25/h3-10,13-14,20,22,24H,1-2,11-12,15-16H2. The summed E-state index contributed by atoms with van der Waals surface area (Å²) in [7, 11) is -1.31. The summed E-state index contributed by atoms with van der Waals surface area (Å²) in [4.78, 5) is 2.79. The van der Waals surface area contributed by atoms with Crippen LogP contribution in [0.25, 0.3) is 16.8 Å². The van der Waals surface area contributed by atoms with Crippen molar-refractivity contribution in [3.05, 3.63) is 73.3 Å². The first-order valence-electron chi connectivity index (χ1n) is 8.97. The number of hydrogen-bond donors (Lipinski definition) is 1. The summed E-state index contributed by atoms with van der Waals surface area (Å²) in [5.41, 5.74) is 0.399. The van der Waals surface area contributed by atoms with E-state index < -0.39 is 22.3 Å². The van der Waals surface area contributed by atoms with E-state index in [1.807, 2.05) is 53.5 Å². The Bertz CT molecular complexity index is 867. The van der Waals surface area contributed by atoms with E-state index in [1.54, 1.807) is 12.2 Å². The van der Waals surface area contributed by atoms with Crippen LogP contribution in [0.3, 0.4) is 0 Å². The van der Waals surface area contributed by atoms with Gasteiger partial charge in [0.1, 0.15) is 0 Å². The molecule has 0 bridgehead atoms. The third-order valence-corrected chi connectivity index (χ3v) is 5.94. The van der Waals surface area contributed by atoms with Crippen molar-refractivity contribution in [2.75, 3.05) is 26.2 Å². The van der Waals surface area contributed by atoms with Crippen LogP contribution < -0.4 is 0 Å². The average molecular weight is 384 g/mol. The van der Waals surface area contributed by atoms with Gasteiger partial charge in [0.15, 0.2) is 5.44 Å². The van der Waals surface area contributed by atoms with Crippen LogP contribution >= 0.6 is 0 Å². The highest BCUT2D eigenvalue weighted by molar-refractivity contribution is 7.85. The molecule has 3 unspecified atom stereocenters. The molecule has 0 aliphatic carbocycles. The lowest BCUT2D eigenvalue weighted by Gasteiger charge is -2.24. The van der Waals surface area contributed by atoms with Crippen molar-refractivity contribution in [3.8, 4) is 0 Å². The summed E-state index contributed by atoms with van der Waals surface area (Å²) in [5, 5.41) is 12.4. The Morgan fingerprint density at radius 3 is 2.52 bits per heavy atom. The molecule has 0 aromatic heterocycles. The van der Waals surface area contributed by atoms with E-state index in [0.29, 0.717) is 19.6 Å². The first-order valence-corrected chi connectivity index (χ1v) is 10.2. The number of nitrogens with zero attached hydrogens (tertiary/aromatic N) is 1. The summed E-state index contributed by atoms with van der Waals surface area (Å²) in [6.45, 7) is 9.35. The minimum atomic E-state index is -1.31. The van der Waals surface area contributed by atoms with E-state index >= 15 is 0 Å². The van der Waals surface area contributed by atoms with Gasteiger partial charge < -0.3 is 9.84 Å². The molecule has 2 aromatic carbocycles. The highest BCUT2D eigenvalue weighted by atomic mass is 32.2. The minimum Gasteiger partial charge on any atom is -0.389 e. The summed E-state index contributed by atoms with van der Waals surface area (Å²) < 4.78 is 18.7. The number of fused-ring (bicyclic) bond motifs is 2. The lowest BCUT2D eigenvalue weighted by Crippen LogP contribution is -2.36. The van der Waals surface area contributed by atoms with E-state index in [-0.39, 0.29) is 6.61 Å². The zero-order valence-electron chi connectivity index (χ0n) is 15.3. The smallest absolute Gasteiger partial charge is 0.155 e. The lowest BCUT2D eigenvalue weighted by molar-refractivity contribution is 0.0205. The number of hydrogen-bond acceptors (Lipinski definition) is 4. The fourth-order valence-corrected chi connectivity index (χ4v) is 4.46. The minimum absolute atomic E-state index is 0.119. The molecule has 2 aromatic rings. The van der Waals surface area contributed by atoms with E-state index in [4.69, 9.17) is 4.74 Å². The quantitative estimate of drug-likeness (QED) is 0.675. The summed E-state index contributed by atoms with van der Waals surface area (Å²) >= 11 is 0. The number of ether oxygens (including phenoxy) is 1. The Kier molecular flexibility index (Phi) is 6.74. The lowest BCUT2D eigenvalue weighted by atomic mass is 10.1. The topological polar surface area (TPSA) is 49.8 Å². The Balaban J connectivity index is 1.64. The molecule has 1 aliphatic rings. The molecule has 3 atom stereocenters. The molecule has 5 heteroatoms. The van der Waals surface area contributed by atoms with Crippen molar-refractivity contribution in [1.29, 1.82) is 0 Å². The van der Waals surface area contributed by atoms with Crippen molar-refractivity contribution < 1.29 is 14.1 Å². The van der Waals surface area contributed by atoms with Crippen molar-refractivity contribution in [3.63, 3.8) is 0 Å². The summed E-state index contributed by atoms with van der Waals surface area (Å²) in [6.07, 6.45) is 6.66. The Morgan fingerprint density at radius 2 is 1.85 bits per heavy atom. The molecule has 3 rings (SSSR count). The molecule has 0 fully saturated rings. The van der Waals surface area contributed by atoms with Gasteiger partial charge in [-0.3, -0.25) is 9.11 Å². The van der Waals surface area contributed by atoms with Crippen molar-refractivity contribution in [2.24, 2.45) is 0 Å². The highest BCUT2D eigenvalue weighted by Crippen LogP contribution is 2.29. The van der Waals surface area contributed by atoms with Gasteiger partial charge in [-0.15, -0.1) is 13.2 Å². The molecule has 0 amide bonds. The third-order valence-electron chi connectivity index (χ3n) is 4.44. The van der Waals surface area contributed by atoms with Crippen LogP contribution in [0.15, 0.2) is 72.7 Å². The van der Waals surface area contributed by atoms with Crippen LogP contribution in [0.2, 0.25) is 0 Å². The first-order chi connectivity index (χ1) is 13.1. The Morgan fingerprint density at radius 1 is 1.19 bits per heavy atom. The van der Waals surface area contributed by atoms with Crippen molar-refractivity contribution in [1.82, 2.24) is 4.90 Å².